The minimum atomic E-state index is -1.28. The molecule has 0 radical (unpaired) electrons. The highest BCUT2D eigenvalue weighted by Gasteiger charge is 2.27. The second kappa shape index (κ2) is 12.1. The second-order valence-electron chi connectivity index (χ2n) is 8.93. The van der Waals surface area contributed by atoms with Gasteiger partial charge in [0.1, 0.15) is 11.2 Å². The van der Waals surface area contributed by atoms with Crippen LogP contribution in [-0.4, -0.2) is 60.1 Å². The Hall–Kier alpha value is -4.95. The van der Waals surface area contributed by atoms with E-state index in [2.05, 4.69) is 30.8 Å². The number of hydrogen-bond donors (Lipinski definition) is 3. The number of nitrogens with two attached hydrogens (primary N) is 1. The fraction of sp³-hybridized carbons (Fsp3) is 0.231. The molecule has 4 N–H and O–H groups in total. The zero-order valence-electron chi connectivity index (χ0n) is 21.9. The number of benzene rings is 2. The summed E-state index contributed by atoms with van der Waals surface area (Å²) < 4.78 is 11.0. The van der Waals surface area contributed by atoms with Gasteiger partial charge in [0.2, 0.25) is 0 Å². The number of rotatable bonds is 5. The molecule has 3 aromatic heterocycles. The number of aromatic carboxylic acids is 1. The Bertz CT molecular complexity index is 1770. The SMILES string of the molecule is COC(=O)c1ccc2c(c1)CC[C@@H]2NC(=O)c1cc(C(=O)O)n2nnnc2n1.Cc1nc2cc(CN)ccc2o1.Cl. The van der Waals surface area contributed by atoms with Crippen LogP contribution in [0.2, 0.25) is 0 Å². The Morgan fingerprint density at radius 2 is 1.98 bits per heavy atom. The maximum absolute atomic E-state index is 12.7. The van der Waals surface area contributed by atoms with Gasteiger partial charge in [0.25, 0.3) is 11.7 Å². The topological polar surface area (TPSA) is 201 Å². The number of oxazole rings is 1. The molecule has 0 unspecified atom stereocenters. The highest BCUT2D eigenvalue weighted by atomic mass is 35.5. The third kappa shape index (κ3) is 5.97. The van der Waals surface area contributed by atoms with Crippen LogP contribution in [0, 0.1) is 6.92 Å². The summed E-state index contributed by atoms with van der Waals surface area (Å²) in [5.41, 5.74) is 10.2. The number of aromatic nitrogens is 6. The Morgan fingerprint density at radius 1 is 1.17 bits per heavy atom. The van der Waals surface area contributed by atoms with Crippen molar-refractivity contribution in [1.82, 2.24) is 35.3 Å². The summed E-state index contributed by atoms with van der Waals surface area (Å²) in [6, 6.07) is 11.8. The van der Waals surface area contributed by atoms with Gasteiger partial charge in [0.15, 0.2) is 17.2 Å². The number of aryl methyl sites for hydroxylation is 2. The molecule has 2 aromatic carbocycles. The molecule has 15 heteroatoms. The van der Waals surface area contributed by atoms with Crippen LogP contribution in [0.25, 0.3) is 16.9 Å². The predicted octanol–water partition coefficient (Wildman–Crippen LogP) is 2.44. The van der Waals surface area contributed by atoms with Crippen LogP contribution in [0.15, 0.2) is 46.9 Å². The zero-order valence-corrected chi connectivity index (χ0v) is 22.7. The van der Waals surface area contributed by atoms with Gasteiger partial charge >= 0.3 is 11.9 Å². The molecular weight excluding hydrogens is 556 g/mol. The quantitative estimate of drug-likeness (QED) is 0.257. The normalized spacial score (nSPS) is 13.6. The molecule has 41 heavy (non-hydrogen) atoms. The second-order valence-corrected chi connectivity index (χ2v) is 8.93. The largest absolute Gasteiger partial charge is 0.477 e. The van der Waals surface area contributed by atoms with Gasteiger partial charge in [0, 0.05) is 19.5 Å². The molecule has 6 rings (SSSR count). The van der Waals surface area contributed by atoms with E-state index in [1.165, 1.54) is 7.11 Å². The highest BCUT2D eigenvalue weighted by molar-refractivity contribution is 5.96. The van der Waals surface area contributed by atoms with E-state index in [4.69, 9.17) is 14.9 Å². The number of halogens is 1. The molecule has 1 aliphatic carbocycles. The molecule has 5 aromatic rings. The number of esters is 1. The third-order valence-electron chi connectivity index (χ3n) is 6.37. The van der Waals surface area contributed by atoms with Gasteiger partial charge in [0.05, 0.1) is 18.7 Å². The van der Waals surface area contributed by atoms with Crippen molar-refractivity contribution in [3.05, 3.63) is 82.0 Å². The van der Waals surface area contributed by atoms with Crippen molar-refractivity contribution in [2.45, 2.75) is 32.4 Å². The van der Waals surface area contributed by atoms with Crippen molar-refractivity contribution in [3.8, 4) is 0 Å². The van der Waals surface area contributed by atoms with Crippen LogP contribution in [0.3, 0.4) is 0 Å². The van der Waals surface area contributed by atoms with E-state index in [1.807, 2.05) is 25.1 Å². The first kappa shape index (κ1) is 29.0. The van der Waals surface area contributed by atoms with Gasteiger partial charge in [-0.15, -0.1) is 12.4 Å². The van der Waals surface area contributed by atoms with E-state index in [0.29, 0.717) is 30.8 Å². The smallest absolute Gasteiger partial charge is 0.354 e. The van der Waals surface area contributed by atoms with Crippen molar-refractivity contribution in [2.75, 3.05) is 7.11 Å². The summed E-state index contributed by atoms with van der Waals surface area (Å²) in [5, 5.41) is 22.7. The summed E-state index contributed by atoms with van der Waals surface area (Å²) in [6.07, 6.45) is 1.33. The lowest BCUT2D eigenvalue weighted by molar-refractivity contribution is 0.0599. The molecule has 0 aliphatic heterocycles. The molecule has 1 aliphatic rings. The summed E-state index contributed by atoms with van der Waals surface area (Å²) in [5.74, 6) is -1.63. The van der Waals surface area contributed by atoms with Gasteiger partial charge in [-0.1, -0.05) is 17.2 Å². The zero-order chi connectivity index (χ0) is 28.4. The Labute approximate surface area is 238 Å². The molecular formula is C26H25ClN8O6. The number of carbonyl (C=O) groups is 3. The first-order valence-corrected chi connectivity index (χ1v) is 12.2. The average molecular weight is 581 g/mol. The molecule has 14 nitrogen and oxygen atoms in total. The van der Waals surface area contributed by atoms with E-state index in [9.17, 15) is 19.5 Å². The fourth-order valence-electron chi connectivity index (χ4n) is 4.47. The molecule has 0 bridgehead atoms. The van der Waals surface area contributed by atoms with Crippen molar-refractivity contribution in [2.24, 2.45) is 5.73 Å². The number of tetrazole rings is 1. The van der Waals surface area contributed by atoms with E-state index in [-0.39, 0.29) is 35.6 Å². The van der Waals surface area contributed by atoms with Crippen LogP contribution < -0.4 is 11.1 Å². The summed E-state index contributed by atoms with van der Waals surface area (Å²) in [6.45, 7) is 2.38. The number of amides is 1. The first-order valence-electron chi connectivity index (χ1n) is 12.2. The number of nitrogens with one attached hydrogen (secondary N) is 1. The van der Waals surface area contributed by atoms with Gasteiger partial charge in [-0.05, 0) is 64.2 Å². The van der Waals surface area contributed by atoms with Crippen LogP contribution in [0.1, 0.15) is 66.4 Å². The number of hydrogen-bond acceptors (Lipinski definition) is 11. The molecule has 0 saturated heterocycles. The van der Waals surface area contributed by atoms with E-state index in [0.717, 1.165) is 38.4 Å². The van der Waals surface area contributed by atoms with E-state index < -0.39 is 17.8 Å². The molecule has 3 heterocycles. The number of carbonyl (C=O) groups excluding carboxylic acids is 2. The average Bonchev–Trinajstić information content (AvgIpc) is 3.69. The predicted molar refractivity (Wildman–Crippen MR) is 146 cm³/mol. The molecule has 1 amide bonds. The summed E-state index contributed by atoms with van der Waals surface area (Å²) in [7, 11) is 1.32. The molecule has 0 spiro atoms. The lowest BCUT2D eigenvalue weighted by Crippen LogP contribution is -2.28. The minimum absolute atomic E-state index is 0. The van der Waals surface area contributed by atoms with Gasteiger partial charge < -0.3 is 25.3 Å². The number of carboxylic acid groups (broad SMARTS) is 1. The number of nitrogens with zero attached hydrogens (tertiary/aromatic N) is 6. The molecule has 212 valence electrons. The van der Waals surface area contributed by atoms with Crippen molar-refractivity contribution < 1.29 is 28.6 Å². The van der Waals surface area contributed by atoms with E-state index >= 15 is 0 Å². The number of ether oxygens (including phenoxy) is 1. The van der Waals surface area contributed by atoms with Crippen LogP contribution in [-0.2, 0) is 17.7 Å². The van der Waals surface area contributed by atoms with Crippen molar-refractivity contribution in [1.29, 1.82) is 0 Å². The third-order valence-corrected chi connectivity index (χ3v) is 6.37. The van der Waals surface area contributed by atoms with Gasteiger partial charge in [-0.2, -0.15) is 4.52 Å². The first-order chi connectivity index (χ1) is 19.3. The van der Waals surface area contributed by atoms with Crippen LogP contribution >= 0.6 is 12.4 Å². The van der Waals surface area contributed by atoms with Crippen LogP contribution in [0.4, 0.5) is 0 Å². The summed E-state index contributed by atoms with van der Waals surface area (Å²) in [4.78, 5) is 43.9. The Balaban J connectivity index is 0.000000249. The maximum Gasteiger partial charge on any atom is 0.354 e. The fourth-order valence-corrected chi connectivity index (χ4v) is 4.47. The van der Waals surface area contributed by atoms with Gasteiger partial charge in [-0.3, -0.25) is 4.79 Å². The monoisotopic (exact) mass is 580 g/mol. The van der Waals surface area contributed by atoms with Gasteiger partial charge in [-0.25, -0.2) is 19.6 Å². The highest BCUT2D eigenvalue weighted by Crippen LogP contribution is 2.32. The molecule has 0 saturated carbocycles. The number of methoxy groups -OCH3 is 1. The lowest BCUT2D eigenvalue weighted by Gasteiger charge is -2.14. The summed E-state index contributed by atoms with van der Waals surface area (Å²) >= 11 is 0. The van der Waals surface area contributed by atoms with Crippen molar-refractivity contribution in [3.63, 3.8) is 0 Å². The minimum Gasteiger partial charge on any atom is -0.477 e. The number of fused-ring (bicyclic) bond motifs is 3. The van der Waals surface area contributed by atoms with E-state index in [1.54, 1.807) is 18.2 Å². The Kier molecular flexibility index (Phi) is 8.54. The maximum atomic E-state index is 12.7. The molecule has 1 atom stereocenters. The lowest BCUT2D eigenvalue weighted by atomic mass is 10.0. The number of carboxylic acids is 1. The molecule has 0 fully saturated rings. The van der Waals surface area contributed by atoms with Crippen molar-refractivity contribution >= 4 is 47.1 Å². The van der Waals surface area contributed by atoms with Crippen LogP contribution in [0.5, 0.6) is 0 Å². The Morgan fingerprint density at radius 3 is 2.71 bits per heavy atom. The standard InChI is InChI=1S/C17H14N6O5.C9H10N2O.ClH/c1-28-16(27)9-2-4-10-8(6-9)3-5-11(10)18-14(24)12-7-13(15(25)26)23-17(19-12)20-21-22-23;1-6-11-8-4-7(5-10)2-3-9(8)12-6;/h2,4,6-7,11H,3,5H2,1H3,(H,18,24)(H,25,26);2-4H,5,10H2,1H3;1H/t11-;;/m0../s1.